The second-order valence-corrected chi connectivity index (χ2v) is 5.92. The molecule has 1 amide bonds. The van der Waals surface area contributed by atoms with Crippen LogP contribution in [0.4, 0.5) is 5.69 Å². The molecule has 0 saturated heterocycles. The van der Waals surface area contributed by atoms with Gasteiger partial charge in [-0.25, -0.2) is 14.6 Å². The SMILES string of the molecule is O=C(Nc1cncnc1-n1cccn1)c1ccccc1OCC1CC1. The van der Waals surface area contributed by atoms with E-state index in [1.165, 1.54) is 19.2 Å². The molecule has 0 atom stereocenters. The largest absolute Gasteiger partial charge is 0.492 e. The van der Waals surface area contributed by atoms with E-state index in [1.54, 1.807) is 35.4 Å². The summed E-state index contributed by atoms with van der Waals surface area (Å²) >= 11 is 0. The molecule has 1 aliphatic rings. The van der Waals surface area contributed by atoms with Gasteiger partial charge in [-0.05, 0) is 37.0 Å². The predicted octanol–water partition coefficient (Wildman–Crippen LogP) is 2.70. The molecule has 2 heterocycles. The summed E-state index contributed by atoms with van der Waals surface area (Å²) < 4.78 is 7.39. The number of ether oxygens (including phenoxy) is 1. The maximum Gasteiger partial charge on any atom is 0.259 e. The molecule has 25 heavy (non-hydrogen) atoms. The molecule has 0 spiro atoms. The maximum absolute atomic E-state index is 12.7. The molecule has 7 heteroatoms. The number of anilines is 1. The fourth-order valence-electron chi connectivity index (χ4n) is 2.45. The molecule has 3 aromatic rings. The molecule has 2 aromatic heterocycles. The first-order chi connectivity index (χ1) is 12.3. The van der Waals surface area contributed by atoms with Gasteiger partial charge in [-0.1, -0.05) is 12.1 Å². The minimum absolute atomic E-state index is 0.269. The van der Waals surface area contributed by atoms with Gasteiger partial charge in [0.05, 0.1) is 18.4 Å². The standard InChI is InChI=1S/C18H17N5O2/c24-18(14-4-1-2-5-16(14)25-11-13-6-7-13)22-15-10-19-12-20-17(15)23-9-3-8-21-23/h1-5,8-10,12-13H,6-7,11H2,(H,22,24). The smallest absolute Gasteiger partial charge is 0.259 e. The van der Waals surface area contributed by atoms with E-state index >= 15 is 0 Å². The zero-order valence-corrected chi connectivity index (χ0v) is 13.5. The van der Waals surface area contributed by atoms with Gasteiger partial charge in [0.2, 0.25) is 0 Å². The Labute approximate surface area is 144 Å². The lowest BCUT2D eigenvalue weighted by molar-refractivity contribution is 0.102. The summed E-state index contributed by atoms with van der Waals surface area (Å²) in [5.41, 5.74) is 0.964. The third kappa shape index (κ3) is 3.50. The molecule has 1 aliphatic carbocycles. The van der Waals surface area contributed by atoms with E-state index in [0.29, 0.717) is 35.3 Å². The molecule has 0 bridgehead atoms. The van der Waals surface area contributed by atoms with Crippen molar-refractivity contribution in [3.05, 3.63) is 60.8 Å². The highest BCUT2D eigenvalue weighted by Crippen LogP contribution is 2.30. The van der Waals surface area contributed by atoms with Gasteiger partial charge in [0.15, 0.2) is 5.82 Å². The molecule has 7 nitrogen and oxygen atoms in total. The van der Waals surface area contributed by atoms with Gasteiger partial charge in [0.1, 0.15) is 17.8 Å². The van der Waals surface area contributed by atoms with Gasteiger partial charge >= 0.3 is 0 Å². The Morgan fingerprint density at radius 2 is 2.16 bits per heavy atom. The number of nitrogens with zero attached hydrogens (tertiary/aromatic N) is 4. The van der Waals surface area contributed by atoms with Crippen LogP contribution in [0.2, 0.25) is 0 Å². The fourth-order valence-corrected chi connectivity index (χ4v) is 2.45. The summed E-state index contributed by atoms with van der Waals surface area (Å²) in [6.07, 6.45) is 8.76. The van der Waals surface area contributed by atoms with Gasteiger partial charge in [0, 0.05) is 12.4 Å². The number of carbonyl (C=O) groups is 1. The molecule has 0 aliphatic heterocycles. The zero-order valence-electron chi connectivity index (χ0n) is 13.5. The third-order valence-electron chi connectivity index (χ3n) is 3.96. The van der Waals surface area contributed by atoms with Crippen LogP contribution in [0.1, 0.15) is 23.2 Å². The number of hydrogen-bond donors (Lipinski definition) is 1. The number of carbonyl (C=O) groups excluding carboxylic acids is 1. The Bertz CT molecular complexity index is 875. The third-order valence-corrected chi connectivity index (χ3v) is 3.96. The fraction of sp³-hybridized carbons (Fsp3) is 0.222. The summed E-state index contributed by atoms with van der Waals surface area (Å²) in [7, 11) is 0. The molecule has 126 valence electrons. The Kier molecular flexibility index (Phi) is 4.12. The topological polar surface area (TPSA) is 81.9 Å². The summed E-state index contributed by atoms with van der Waals surface area (Å²) in [5, 5.41) is 7.00. The first kappa shape index (κ1) is 15.3. The van der Waals surface area contributed by atoms with E-state index in [0.717, 1.165) is 0 Å². The van der Waals surface area contributed by atoms with Crippen LogP contribution in [-0.4, -0.2) is 32.3 Å². The highest BCUT2D eigenvalue weighted by molar-refractivity contribution is 6.06. The highest BCUT2D eigenvalue weighted by Gasteiger charge is 2.23. The minimum atomic E-state index is -0.269. The Balaban J connectivity index is 1.57. The van der Waals surface area contributed by atoms with E-state index in [4.69, 9.17) is 4.74 Å². The van der Waals surface area contributed by atoms with Crippen LogP contribution in [0.5, 0.6) is 5.75 Å². The van der Waals surface area contributed by atoms with E-state index in [-0.39, 0.29) is 5.91 Å². The Hall–Kier alpha value is -3.22. The number of aromatic nitrogens is 4. The first-order valence-corrected chi connectivity index (χ1v) is 8.14. The molecule has 4 rings (SSSR count). The number of para-hydroxylation sites is 1. The van der Waals surface area contributed by atoms with Crippen molar-refractivity contribution >= 4 is 11.6 Å². The van der Waals surface area contributed by atoms with Crippen molar-refractivity contribution in [2.75, 3.05) is 11.9 Å². The monoisotopic (exact) mass is 335 g/mol. The molecular formula is C18H17N5O2. The van der Waals surface area contributed by atoms with Crippen molar-refractivity contribution in [2.45, 2.75) is 12.8 Å². The van der Waals surface area contributed by atoms with E-state index < -0.39 is 0 Å². The zero-order chi connectivity index (χ0) is 17.1. The van der Waals surface area contributed by atoms with Crippen LogP contribution in [0.25, 0.3) is 5.82 Å². The maximum atomic E-state index is 12.7. The van der Waals surface area contributed by atoms with Crippen molar-refractivity contribution in [1.29, 1.82) is 0 Å². The number of rotatable bonds is 6. The van der Waals surface area contributed by atoms with Crippen LogP contribution < -0.4 is 10.1 Å². The molecule has 0 radical (unpaired) electrons. The van der Waals surface area contributed by atoms with Crippen LogP contribution >= 0.6 is 0 Å². The molecule has 0 unspecified atom stereocenters. The van der Waals surface area contributed by atoms with Crippen molar-refractivity contribution in [3.63, 3.8) is 0 Å². The first-order valence-electron chi connectivity index (χ1n) is 8.14. The summed E-state index contributed by atoms with van der Waals surface area (Å²) in [4.78, 5) is 20.9. The van der Waals surface area contributed by atoms with Gasteiger partial charge in [-0.3, -0.25) is 4.79 Å². The summed E-state index contributed by atoms with van der Waals surface area (Å²) in [6, 6.07) is 9.02. The van der Waals surface area contributed by atoms with E-state index in [1.807, 2.05) is 18.2 Å². The molecule has 1 N–H and O–H groups in total. The average molecular weight is 335 g/mol. The van der Waals surface area contributed by atoms with Crippen molar-refractivity contribution in [1.82, 2.24) is 19.7 Å². The van der Waals surface area contributed by atoms with Gasteiger partial charge < -0.3 is 10.1 Å². The van der Waals surface area contributed by atoms with Crippen LogP contribution in [0.15, 0.2) is 55.2 Å². The lowest BCUT2D eigenvalue weighted by atomic mass is 10.2. The minimum Gasteiger partial charge on any atom is -0.492 e. The lowest BCUT2D eigenvalue weighted by Gasteiger charge is -2.12. The lowest BCUT2D eigenvalue weighted by Crippen LogP contribution is -2.16. The van der Waals surface area contributed by atoms with Gasteiger partial charge in [0.25, 0.3) is 5.91 Å². The molecule has 1 saturated carbocycles. The second kappa shape index (κ2) is 6.72. The number of nitrogens with one attached hydrogen (secondary N) is 1. The van der Waals surface area contributed by atoms with Crippen molar-refractivity contribution in [3.8, 4) is 11.6 Å². The molecular weight excluding hydrogens is 318 g/mol. The van der Waals surface area contributed by atoms with Crippen LogP contribution in [0.3, 0.4) is 0 Å². The number of hydrogen-bond acceptors (Lipinski definition) is 5. The Morgan fingerprint density at radius 1 is 1.28 bits per heavy atom. The normalized spacial score (nSPS) is 13.4. The Morgan fingerprint density at radius 3 is 2.96 bits per heavy atom. The van der Waals surface area contributed by atoms with Gasteiger partial charge in [-0.2, -0.15) is 5.10 Å². The molecule has 1 aromatic carbocycles. The summed E-state index contributed by atoms with van der Waals surface area (Å²) in [5.74, 6) is 1.44. The number of amides is 1. The van der Waals surface area contributed by atoms with Crippen LogP contribution in [0, 0.1) is 5.92 Å². The second-order valence-electron chi connectivity index (χ2n) is 5.92. The quantitative estimate of drug-likeness (QED) is 0.749. The van der Waals surface area contributed by atoms with E-state index in [9.17, 15) is 4.79 Å². The average Bonchev–Trinajstić information content (AvgIpc) is 3.32. The van der Waals surface area contributed by atoms with E-state index in [2.05, 4.69) is 20.4 Å². The van der Waals surface area contributed by atoms with Crippen molar-refractivity contribution in [2.24, 2.45) is 5.92 Å². The van der Waals surface area contributed by atoms with Gasteiger partial charge in [-0.15, -0.1) is 0 Å². The summed E-state index contributed by atoms with van der Waals surface area (Å²) in [6.45, 7) is 0.650. The predicted molar refractivity (Wildman–Crippen MR) is 91.8 cm³/mol. The van der Waals surface area contributed by atoms with Crippen LogP contribution in [-0.2, 0) is 0 Å². The van der Waals surface area contributed by atoms with Crippen molar-refractivity contribution < 1.29 is 9.53 Å². The molecule has 1 fully saturated rings. The highest BCUT2D eigenvalue weighted by atomic mass is 16.5. The number of benzene rings is 1.